The Bertz CT molecular complexity index is 187. The summed E-state index contributed by atoms with van der Waals surface area (Å²) in [5.74, 6) is 0.659. The Morgan fingerprint density at radius 3 is 2.69 bits per heavy atom. The molecule has 4 atom stereocenters. The maximum absolute atomic E-state index is 5.86. The predicted molar refractivity (Wildman–Crippen MR) is 66.7 cm³/mol. The Morgan fingerprint density at radius 2 is 2.12 bits per heavy atom. The summed E-state index contributed by atoms with van der Waals surface area (Å²) >= 11 is 0. The molecule has 1 aliphatic heterocycles. The van der Waals surface area contributed by atoms with Gasteiger partial charge in [-0.05, 0) is 39.0 Å². The summed E-state index contributed by atoms with van der Waals surface area (Å²) in [6, 6.07) is 0.537. The van der Waals surface area contributed by atoms with Gasteiger partial charge in [0.2, 0.25) is 0 Å². The molecule has 1 fully saturated rings. The molecule has 0 amide bonds. The third-order valence-corrected chi connectivity index (χ3v) is 3.58. The number of hydrogen-bond donors (Lipinski definition) is 1. The minimum Gasteiger partial charge on any atom is -0.383 e. The van der Waals surface area contributed by atoms with E-state index in [0.717, 1.165) is 13.2 Å². The second-order valence-corrected chi connectivity index (χ2v) is 5.09. The molecular formula is C13H27NO2. The van der Waals surface area contributed by atoms with Crippen LogP contribution >= 0.6 is 0 Å². The first-order chi connectivity index (χ1) is 7.63. The van der Waals surface area contributed by atoms with Crippen LogP contribution in [0.4, 0.5) is 0 Å². The number of methoxy groups -OCH3 is 1. The van der Waals surface area contributed by atoms with E-state index in [-0.39, 0.29) is 0 Å². The van der Waals surface area contributed by atoms with Crippen LogP contribution in [0.15, 0.2) is 0 Å². The standard InChI is InChI=1S/C13H27NO2/c1-10(12(3)14-7-8-15-4)9-13-6-5-11(2)16-13/h10-14H,5-9H2,1-4H3. The minimum absolute atomic E-state index is 0.467. The lowest BCUT2D eigenvalue weighted by molar-refractivity contribution is 0.0391. The molecular weight excluding hydrogens is 202 g/mol. The van der Waals surface area contributed by atoms with Gasteiger partial charge < -0.3 is 14.8 Å². The molecule has 0 radical (unpaired) electrons. The van der Waals surface area contributed by atoms with Gasteiger partial charge in [0.1, 0.15) is 0 Å². The average molecular weight is 229 g/mol. The summed E-state index contributed by atoms with van der Waals surface area (Å²) in [5.41, 5.74) is 0. The third-order valence-electron chi connectivity index (χ3n) is 3.58. The van der Waals surface area contributed by atoms with Crippen molar-refractivity contribution in [2.45, 2.75) is 58.3 Å². The quantitative estimate of drug-likeness (QED) is 0.679. The number of rotatable bonds is 7. The molecule has 0 aromatic carbocycles. The fourth-order valence-corrected chi connectivity index (χ4v) is 2.27. The highest BCUT2D eigenvalue weighted by atomic mass is 16.5. The maximum Gasteiger partial charge on any atom is 0.0587 e. The highest BCUT2D eigenvalue weighted by molar-refractivity contribution is 4.77. The summed E-state index contributed by atoms with van der Waals surface area (Å²) in [5, 5.41) is 3.49. The van der Waals surface area contributed by atoms with Crippen LogP contribution in [0.2, 0.25) is 0 Å². The SMILES string of the molecule is COCCNC(C)C(C)CC1CCC(C)O1. The van der Waals surface area contributed by atoms with Crippen LogP contribution in [0, 0.1) is 5.92 Å². The van der Waals surface area contributed by atoms with Gasteiger partial charge in [-0.1, -0.05) is 6.92 Å². The lowest BCUT2D eigenvalue weighted by atomic mass is 9.95. The smallest absolute Gasteiger partial charge is 0.0587 e. The fraction of sp³-hybridized carbons (Fsp3) is 1.00. The fourth-order valence-electron chi connectivity index (χ4n) is 2.27. The molecule has 0 aliphatic carbocycles. The van der Waals surface area contributed by atoms with Gasteiger partial charge in [0.05, 0.1) is 18.8 Å². The van der Waals surface area contributed by atoms with Crippen molar-refractivity contribution in [3.63, 3.8) is 0 Å². The molecule has 1 saturated heterocycles. The third kappa shape index (κ3) is 4.81. The van der Waals surface area contributed by atoms with Crippen molar-refractivity contribution in [1.82, 2.24) is 5.32 Å². The zero-order valence-electron chi connectivity index (χ0n) is 11.2. The Kier molecular flexibility index (Phi) is 6.32. The Hall–Kier alpha value is -0.120. The molecule has 16 heavy (non-hydrogen) atoms. The van der Waals surface area contributed by atoms with Gasteiger partial charge in [-0.15, -0.1) is 0 Å². The lowest BCUT2D eigenvalue weighted by Gasteiger charge is -2.24. The van der Waals surface area contributed by atoms with E-state index in [1.807, 2.05) is 0 Å². The second-order valence-electron chi connectivity index (χ2n) is 5.09. The van der Waals surface area contributed by atoms with Crippen LogP contribution in [0.5, 0.6) is 0 Å². The van der Waals surface area contributed by atoms with Crippen molar-refractivity contribution >= 4 is 0 Å². The van der Waals surface area contributed by atoms with Gasteiger partial charge in [-0.2, -0.15) is 0 Å². The van der Waals surface area contributed by atoms with Crippen molar-refractivity contribution < 1.29 is 9.47 Å². The maximum atomic E-state index is 5.86. The summed E-state index contributed by atoms with van der Waals surface area (Å²) in [6.45, 7) is 8.44. The van der Waals surface area contributed by atoms with E-state index in [2.05, 4.69) is 26.1 Å². The van der Waals surface area contributed by atoms with Crippen LogP contribution in [-0.4, -0.2) is 38.5 Å². The molecule has 0 spiro atoms. The van der Waals surface area contributed by atoms with Crippen LogP contribution in [-0.2, 0) is 9.47 Å². The molecule has 0 aromatic rings. The Balaban J connectivity index is 2.15. The molecule has 1 N–H and O–H groups in total. The average Bonchev–Trinajstić information content (AvgIpc) is 2.64. The molecule has 1 heterocycles. The molecule has 1 aliphatic rings. The van der Waals surface area contributed by atoms with Crippen molar-refractivity contribution in [2.75, 3.05) is 20.3 Å². The lowest BCUT2D eigenvalue weighted by Crippen LogP contribution is -2.35. The van der Waals surface area contributed by atoms with Gasteiger partial charge in [0.25, 0.3) is 0 Å². The number of hydrogen-bond acceptors (Lipinski definition) is 3. The highest BCUT2D eigenvalue weighted by Crippen LogP contribution is 2.25. The molecule has 3 nitrogen and oxygen atoms in total. The van der Waals surface area contributed by atoms with Crippen LogP contribution in [0.25, 0.3) is 0 Å². The zero-order valence-corrected chi connectivity index (χ0v) is 11.2. The summed E-state index contributed by atoms with van der Waals surface area (Å²) in [4.78, 5) is 0. The molecule has 1 rings (SSSR count). The van der Waals surface area contributed by atoms with Gasteiger partial charge in [0.15, 0.2) is 0 Å². The topological polar surface area (TPSA) is 30.5 Å². The Labute approximate surface area is 99.9 Å². The van der Waals surface area contributed by atoms with E-state index < -0.39 is 0 Å². The normalized spacial score (nSPS) is 29.2. The van der Waals surface area contributed by atoms with E-state index in [9.17, 15) is 0 Å². The van der Waals surface area contributed by atoms with Gasteiger partial charge >= 0.3 is 0 Å². The van der Waals surface area contributed by atoms with E-state index in [1.165, 1.54) is 19.3 Å². The zero-order chi connectivity index (χ0) is 12.0. The van der Waals surface area contributed by atoms with E-state index in [1.54, 1.807) is 7.11 Å². The number of nitrogens with one attached hydrogen (secondary N) is 1. The summed E-state index contributed by atoms with van der Waals surface area (Å²) in [6.07, 6.45) is 4.58. The number of ether oxygens (including phenoxy) is 2. The van der Waals surface area contributed by atoms with Crippen LogP contribution in [0.1, 0.15) is 40.0 Å². The minimum atomic E-state index is 0.467. The van der Waals surface area contributed by atoms with E-state index >= 15 is 0 Å². The van der Waals surface area contributed by atoms with Crippen LogP contribution in [0.3, 0.4) is 0 Å². The molecule has 3 heteroatoms. The first kappa shape index (κ1) is 13.9. The molecule has 0 bridgehead atoms. The van der Waals surface area contributed by atoms with Crippen molar-refractivity contribution in [1.29, 1.82) is 0 Å². The monoisotopic (exact) mass is 229 g/mol. The second kappa shape index (κ2) is 7.25. The summed E-state index contributed by atoms with van der Waals surface area (Å²) in [7, 11) is 1.74. The predicted octanol–water partition coefficient (Wildman–Crippen LogP) is 2.20. The van der Waals surface area contributed by atoms with E-state index in [4.69, 9.17) is 9.47 Å². The van der Waals surface area contributed by atoms with Crippen molar-refractivity contribution in [3.05, 3.63) is 0 Å². The molecule has 96 valence electrons. The molecule has 0 saturated carbocycles. The molecule has 0 aromatic heterocycles. The van der Waals surface area contributed by atoms with Gasteiger partial charge in [-0.25, -0.2) is 0 Å². The van der Waals surface area contributed by atoms with E-state index in [0.29, 0.717) is 24.2 Å². The van der Waals surface area contributed by atoms with Gasteiger partial charge in [-0.3, -0.25) is 0 Å². The first-order valence-electron chi connectivity index (χ1n) is 6.51. The molecule has 4 unspecified atom stereocenters. The van der Waals surface area contributed by atoms with Crippen LogP contribution < -0.4 is 5.32 Å². The largest absolute Gasteiger partial charge is 0.383 e. The Morgan fingerprint density at radius 1 is 1.38 bits per heavy atom. The van der Waals surface area contributed by atoms with Crippen molar-refractivity contribution in [3.8, 4) is 0 Å². The van der Waals surface area contributed by atoms with Gasteiger partial charge in [0, 0.05) is 19.7 Å². The van der Waals surface area contributed by atoms with Crippen molar-refractivity contribution in [2.24, 2.45) is 5.92 Å². The first-order valence-corrected chi connectivity index (χ1v) is 6.51. The summed E-state index contributed by atoms with van der Waals surface area (Å²) < 4.78 is 10.9. The highest BCUT2D eigenvalue weighted by Gasteiger charge is 2.25.